The van der Waals surface area contributed by atoms with Gasteiger partial charge in [0.1, 0.15) is 0 Å². The summed E-state index contributed by atoms with van der Waals surface area (Å²) in [6, 6.07) is 7.60. The molecule has 0 spiro atoms. The monoisotopic (exact) mass is 308 g/mol. The summed E-state index contributed by atoms with van der Waals surface area (Å²) in [7, 11) is 1.68. The second-order valence-corrected chi connectivity index (χ2v) is 7.40. The number of anilines is 1. The Morgan fingerprint density at radius 3 is 3.00 bits per heavy atom. The summed E-state index contributed by atoms with van der Waals surface area (Å²) in [5, 5.41) is 5.86. The molecule has 116 valence electrons. The molecule has 0 unspecified atom stereocenters. The highest BCUT2D eigenvalue weighted by atomic mass is 32.2. The SMILES string of the molecule is CO[C@@H](C)c1cccc(NC(=O)NC[C@@]2(C)CCCS2)c1. The molecule has 2 rings (SSSR count). The average molecular weight is 308 g/mol. The first-order valence-corrected chi connectivity index (χ1v) is 8.32. The van der Waals surface area contributed by atoms with Crippen LogP contribution in [0.4, 0.5) is 10.5 Å². The van der Waals surface area contributed by atoms with Gasteiger partial charge in [0.05, 0.1) is 6.10 Å². The molecule has 21 heavy (non-hydrogen) atoms. The van der Waals surface area contributed by atoms with Gasteiger partial charge in [-0.05, 0) is 50.1 Å². The van der Waals surface area contributed by atoms with Crippen LogP contribution in [0.3, 0.4) is 0 Å². The van der Waals surface area contributed by atoms with Crippen molar-refractivity contribution >= 4 is 23.5 Å². The zero-order chi connectivity index (χ0) is 15.3. The number of carbonyl (C=O) groups excluding carboxylic acids is 1. The molecule has 2 atom stereocenters. The Bertz CT molecular complexity index is 487. The van der Waals surface area contributed by atoms with Gasteiger partial charge < -0.3 is 15.4 Å². The fraction of sp³-hybridized carbons (Fsp3) is 0.562. The first-order chi connectivity index (χ1) is 10.0. The molecular weight excluding hydrogens is 284 g/mol. The maximum absolute atomic E-state index is 12.0. The summed E-state index contributed by atoms with van der Waals surface area (Å²) >= 11 is 1.94. The number of hydrogen-bond acceptors (Lipinski definition) is 3. The zero-order valence-corrected chi connectivity index (χ0v) is 13.8. The number of ether oxygens (including phenoxy) is 1. The number of benzene rings is 1. The second-order valence-electron chi connectivity index (χ2n) is 5.71. The maximum atomic E-state index is 12.0. The van der Waals surface area contributed by atoms with Gasteiger partial charge in [-0.15, -0.1) is 0 Å². The molecule has 1 aromatic carbocycles. The van der Waals surface area contributed by atoms with E-state index in [9.17, 15) is 4.79 Å². The fourth-order valence-corrected chi connectivity index (χ4v) is 3.67. The smallest absolute Gasteiger partial charge is 0.319 e. The number of thioether (sulfide) groups is 1. The van der Waals surface area contributed by atoms with Crippen LogP contribution in [0.25, 0.3) is 0 Å². The van der Waals surface area contributed by atoms with Crippen molar-refractivity contribution < 1.29 is 9.53 Å². The van der Waals surface area contributed by atoms with E-state index in [4.69, 9.17) is 4.74 Å². The van der Waals surface area contributed by atoms with Crippen molar-refractivity contribution in [3.63, 3.8) is 0 Å². The number of nitrogens with one attached hydrogen (secondary N) is 2. The Morgan fingerprint density at radius 1 is 1.52 bits per heavy atom. The van der Waals surface area contributed by atoms with Crippen molar-refractivity contribution in [3.05, 3.63) is 29.8 Å². The molecule has 2 N–H and O–H groups in total. The standard InChI is InChI=1S/C16H24N2O2S/c1-12(20-3)13-6-4-7-14(10-13)18-15(19)17-11-16(2)8-5-9-21-16/h4,6-7,10,12H,5,8-9,11H2,1-3H3,(H2,17,18,19)/t12-,16+/m0/s1. The summed E-state index contributed by atoms with van der Waals surface area (Å²) in [6.07, 6.45) is 2.42. The lowest BCUT2D eigenvalue weighted by Gasteiger charge is -2.23. The van der Waals surface area contributed by atoms with E-state index in [1.807, 2.05) is 43.0 Å². The van der Waals surface area contributed by atoms with Gasteiger partial charge in [-0.1, -0.05) is 12.1 Å². The predicted molar refractivity (Wildman–Crippen MR) is 89.0 cm³/mol. The fourth-order valence-electron chi connectivity index (χ4n) is 2.42. The Labute approximate surface area is 131 Å². The van der Waals surface area contributed by atoms with E-state index >= 15 is 0 Å². The molecule has 0 radical (unpaired) electrons. The van der Waals surface area contributed by atoms with Crippen molar-refractivity contribution in [2.45, 2.75) is 37.5 Å². The third kappa shape index (κ3) is 4.64. The minimum Gasteiger partial charge on any atom is -0.377 e. The highest BCUT2D eigenvalue weighted by Gasteiger charge is 2.29. The minimum atomic E-state index is -0.147. The van der Waals surface area contributed by atoms with Crippen molar-refractivity contribution in [2.24, 2.45) is 0 Å². The van der Waals surface area contributed by atoms with E-state index < -0.39 is 0 Å². The van der Waals surface area contributed by atoms with Crippen LogP contribution in [0, 0.1) is 0 Å². The number of amides is 2. The number of hydrogen-bond donors (Lipinski definition) is 2. The summed E-state index contributed by atoms with van der Waals surface area (Å²) in [6.45, 7) is 4.90. The highest BCUT2D eigenvalue weighted by Crippen LogP contribution is 2.36. The van der Waals surface area contributed by atoms with Crippen molar-refractivity contribution in [1.82, 2.24) is 5.32 Å². The predicted octanol–water partition coefficient (Wildman–Crippen LogP) is 3.80. The lowest BCUT2D eigenvalue weighted by Crippen LogP contribution is -2.39. The normalized spacial score (nSPS) is 22.8. The first kappa shape index (κ1) is 16.2. The first-order valence-electron chi connectivity index (χ1n) is 7.34. The lowest BCUT2D eigenvalue weighted by molar-refractivity contribution is 0.119. The van der Waals surface area contributed by atoms with Gasteiger partial charge in [0, 0.05) is 24.1 Å². The molecule has 1 fully saturated rings. The lowest BCUT2D eigenvalue weighted by atomic mass is 10.1. The Hall–Kier alpha value is -1.20. The molecule has 1 aliphatic rings. The van der Waals surface area contributed by atoms with Crippen LogP contribution in [-0.4, -0.2) is 30.2 Å². The quantitative estimate of drug-likeness (QED) is 0.870. The van der Waals surface area contributed by atoms with Gasteiger partial charge >= 0.3 is 6.03 Å². The largest absolute Gasteiger partial charge is 0.377 e. The number of rotatable bonds is 5. The van der Waals surface area contributed by atoms with Crippen LogP contribution in [0.15, 0.2) is 24.3 Å². The van der Waals surface area contributed by atoms with E-state index in [1.165, 1.54) is 18.6 Å². The topological polar surface area (TPSA) is 50.4 Å². The molecule has 5 heteroatoms. The third-order valence-electron chi connectivity index (χ3n) is 3.89. The molecule has 4 nitrogen and oxygen atoms in total. The molecule has 0 bridgehead atoms. The van der Waals surface area contributed by atoms with Crippen LogP contribution in [0.1, 0.15) is 38.4 Å². The van der Waals surface area contributed by atoms with E-state index in [0.29, 0.717) is 6.54 Å². The zero-order valence-electron chi connectivity index (χ0n) is 12.9. The molecule has 1 heterocycles. The average Bonchev–Trinajstić information content (AvgIpc) is 2.92. The van der Waals surface area contributed by atoms with Gasteiger partial charge in [0.2, 0.25) is 0 Å². The molecule has 2 amide bonds. The highest BCUT2D eigenvalue weighted by molar-refractivity contribution is 8.00. The molecule has 0 aliphatic carbocycles. The van der Waals surface area contributed by atoms with Gasteiger partial charge in [-0.3, -0.25) is 0 Å². The van der Waals surface area contributed by atoms with Crippen molar-refractivity contribution in [2.75, 3.05) is 24.7 Å². The van der Waals surface area contributed by atoms with Crippen molar-refractivity contribution in [3.8, 4) is 0 Å². The summed E-state index contributed by atoms with van der Waals surface area (Å²) in [5.41, 5.74) is 1.84. The van der Waals surface area contributed by atoms with Gasteiger partial charge in [-0.25, -0.2) is 4.79 Å². The second kappa shape index (κ2) is 7.18. The minimum absolute atomic E-state index is 0.0172. The number of methoxy groups -OCH3 is 1. The van der Waals surface area contributed by atoms with Crippen LogP contribution in [0.2, 0.25) is 0 Å². The summed E-state index contributed by atoms with van der Waals surface area (Å²) in [5.74, 6) is 1.19. The number of urea groups is 1. The third-order valence-corrected chi connectivity index (χ3v) is 5.43. The Morgan fingerprint density at radius 2 is 2.33 bits per heavy atom. The molecule has 0 saturated carbocycles. The maximum Gasteiger partial charge on any atom is 0.319 e. The Balaban J connectivity index is 1.87. The van der Waals surface area contributed by atoms with Gasteiger partial charge in [0.25, 0.3) is 0 Å². The molecular formula is C16H24N2O2S. The van der Waals surface area contributed by atoms with E-state index in [1.54, 1.807) is 7.11 Å². The van der Waals surface area contributed by atoms with Gasteiger partial charge in [0.15, 0.2) is 0 Å². The van der Waals surface area contributed by atoms with Crippen LogP contribution >= 0.6 is 11.8 Å². The van der Waals surface area contributed by atoms with E-state index in [2.05, 4.69) is 17.6 Å². The molecule has 1 aliphatic heterocycles. The summed E-state index contributed by atoms with van der Waals surface area (Å²) < 4.78 is 5.48. The van der Waals surface area contributed by atoms with Gasteiger partial charge in [-0.2, -0.15) is 11.8 Å². The van der Waals surface area contributed by atoms with E-state index in [-0.39, 0.29) is 16.9 Å². The molecule has 0 aromatic heterocycles. The van der Waals surface area contributed by atoms with Crippen LogP contribution in [-0.2, 0) is 4.74 Å². The van der Waals surface area contributed by atoms with Crippen LogP contribution < -0.4 is 10.6 Å². The molecule has 1 aromatic rings. The Kier molecular flexibility index (Phi) is 5.53. The van der Waals surface area contributed by atoms with E-state index in [0.717, 1.165) is 11.3 Å². The van der Waals surface area contributed by atoms with Crippen LogP contribution in [0.5, 0.6) is 0 Å². The number of carbonyl (C=O) groups is 1. The van der Waals surface area contributed by atoms with Crippen molar-refractivity contribution in [1.29, 1.82) is 0 Å². The summed E-state index contributed by atoms with van der Waals surface area (Å²) in [4.78, 5) is 12.0. The molecule has 1 saturated heterocycles.